The van der Waals surface area contributed by atoms with E-state index in [1.807, 2.05) is 71.2 Å². The monoisotopic (exact) mass is 916 g/mol. The Kier molecular flexibility index (Phi) is 13.6. The van der Waals surface area contributed by atoms with Crippen LogP contribution >= 0.6 is 0 Å². The van der Waals surface area contributed by atoms with Crippen molar-refractivity contribution in [1.82, 2.24) is 60.0 Å². The Morgan fingerprint density at radius 2 is 0.529 bits per heavy atom. The Labute approximate surface area is 397 Å². The van der Waals surface area contributed by atoms with Crippen molar-refractivity contribution in [2.24, 2.45) is 0 Å². The molecule has 0 unspecified atom stereocenters. The maximum atomic E-state index is 6.95. The molecule has 0 saturated carbocycles. The van der Waals surface area contributed by atoms with Crippen molar-refractivity contribution in [2.75, 3.05) is 0 Å². The first-order chi connectivity index (χ1) is 33.0. The van der Waals surface area contributed by atoms with Gasteiger partial charge in [-0.15, -0.1) is 20.4 Å². The van der Waals surface area contributed by atoms with Crippen LogP contribution in [0.1, 0.15) is 117 Å². The summed E-state index contributed by atoms with van der Waals surface area (Å²) in [6.07, 6.45) is 9.88. The van der Waals surface area contributed by atoms with Crippen LogP contribution < -0.4 is 18.9 Å². The van der Waals surface area contributed by atoms with E-state index in [9.17, 15) is 0 Å². The van der Waals surface area contributed by atoms with Gasteiger partial charge in [0.15, 0.2) is 0 Å². The van der Waals surface area contributed by atoms with E-state index in [-0.39, 0.29) is 26.4 Å². The molecule has 9 rings (SSSR count). The summed E-state index contributed by atoms with van der Waals surface area (Å²) in [6.45, 7) is 20.6. The van der Waals surface area contributed by atoms with E-state index in [1.165, 1.54) is 0 Å². The van der Waals surface area contributed by atoms with Gasteiger partial charge in [-0.1, -0.05) is 91.6 Å². The molecule has 352 valence electrons. The Hall–Kier alpha value is -7.36. The second-order valence-electron chi connectivity index (χ2n) is 17.8. The Morgan fingerprint density at radius 3 is 0.691 bits per heavy atom. The predicted octanol–water partition coefficient (Wildman–Crippen LogP) is 8.36. The molecule has 0 atom stereocenters. The molecule has 4 aromatic carbocycles. The van der Waals surface area contributed by atoms with Gasteiger partial charge in [-0.05, 0) is 99.9 Å². The van der Waals surface area contributed by atoms with Crippen molar-refractivity contribution in [3.8, 4) is 23.0 Å². The molecule has 8 aromatic rings. The molecule has 0 aliphatic heterocycles. The minimum Gasteiger partial charge on any atom is -0.487 e. The third kappa shape index (κ3) is 10.4. The van der Waals surface area contributed by atoms with Crippen molar-refractivity contribution >= 4 is 0 Å². The standard InChI is InChI=1S/C52H60N12O4/c1-9-61-25-45(53-57-61)29-65-49-37-13-33(5)14-38(49)22-40-16-35(7)18-42(51(40)67-31-47-27-63(11-3)59-55-47)24-44-20-36(8)19-43(52(44)68-32-48-28-64(12-4)60-56-48)23-41-17-34(6)15-39(21-37)50(41)66-30-46-26-62(10-2)58-54-46/h13-20,25-28H,9-12,21-24,29-32H2,1-8H3. The van der Waals surface area contributed by atoms with Gasteiger partial charge in [-0.3, -0.25) is 18.7 Å². The van der Waals surface area contributed by atoms with Crippen molar-refractivity contribution in [3.63, 3.8) is 0 Å². The maximum Gasteiger partial charge on any atom is 0.134 e. The first-order valence-electron chi connectivity index (χ1n) is 23.6. The van der Waals surface area contributed by atoms with Crippen molar-refractivity contribution in [3.05, 3.63) is 163 Å². The van der Waals surface area contributed by atoms with E-state index in [4.69, 9.17) is 18.9 Å². The molecule has 0 fully saturated rings. The fourth-order valence-corrected chi connectivity index (χ4v) is 9.15. The van der Waals surface area contributed by atoms with Crippen LogP contribution in [0.4, 0.5) is 0 Å². The molecular weight excluding hydrogens is 857 g/mol. The minimum absolute atomic E-state index is 0.250. The van der Waals surface area contributed by atoms with E-state index in [0.717, 1.165) is 113 Å². The molecule has 0 spiro atoms. The molecule has 8 bridgehead atoms. The lowest BCUT2D eigenvalue weighted by Gasteiger charge is -2.24. The second-order valence-corrected chi connectivity index (χ2v) is 17.8. The number of hydrogen-bond acceptors (Lipinski definition) is 12. The largest absolute Gasteiger partial charge is 0.487 e. The van der Waals surface area contributed by atoms with E-state index in [0.29, 0.717) is 51.9 Å². The van der Waals surface area contributed by atoms with Crippen LogP contribution in [0.2, 0.25) is 0 Å². The number of aryl methyl sites for hydroxylation is 8. The summed E-state index contributed by atoms with van der Waals surface area (Å²) in [6, 6.07) is 17.8. The van der Waals surface area contributed by atoms with Crippen LogP contribution in [-0.4, -0.2) is 60.0 Å². The van der Waals surface area contributed by atoms with Crippen LogP contribution in [0.25, 0.3) is 0 Å². The summed E-state index contributed by atoms with van der Waals surface area (Å²) in [5.41, 5.74) is 15.7. The van der Waals surface area contributed by atoms with Crippen molar-refractivity contribution in [1.29, 1.82) is 0 Å². The normalized spacial score (nSPS) is 12.4. The fourth-order valence-electron chi connectivity index (χ4n) is 9.15. The van der Waals surface area contributed by atoms with Crippen LogP contribution in [0.15, 0.2) is 73.3 Å². The van der Waals surface area contributed by atoms with E-state index in [1.54, 1.807) is 0 Å². The summed E-state index contributed by atoms with van der Waals surface area (Å²) in [7, 11) is 0. The van der Waals surface area contributed by atoms with Gasteiger partial charge >= 0.3 is 0 Å². The molecule has 4 heterocycles. The quantitative estimate of drug-likeness (QED) is 0.0913. The molecule has 0 saturated heterocycles. The van der Waals surface area contributed by atoms with Gasteiger partial charge in [-0.25, -0.2) is 0 Å². The zero-order chi connectivity index (χ0) is 47.3. The molecule has 16 nitrogen and oxygen atoms in total. The number of nitrogens with zero attached hydrogens (tertiary/aromatic N) is 12. The molecule has 4 aromatic heterocycles. The van der Waals surface area contributed by atoms with Crippen LogP contribution in [-0.2, 0) is 78.3 Å². The summed E-state index contributed by atoms with van der Waals surface area (Å²) >= 11 is 0. The number of rotatable bonds is 16. The zero-order valence-corrected chi connectivity index (χ0v) is 40.4. The highest BCUT2D eigenvalue weighted by molar-refractivity contribution is 5.58. The fraction of sp³-hybridized carbons (Fsp3) is 0.385. The van der Waals surface area contributed by atoms with Gasteiger partial charge in [0.2, 0.25) is 0 Å². The highest BCUT2D eigenvalue weighted by atomic mass is 16.5. The number of fused-ring (bicyclic) bond motifs is 8. The van der Waals surface area contributed by atoms with Gasteiger partial charge in [0.05, 0.1) is 24.8 Å². The van der Waals surface area contributed by atoms with Crippen LogP contribution in [0.5, 0.6) is 23.0 Å². The third-order valence-electron chi connectivity index (χ3n) is 12.2. The molecule has 1 aliphatic rings. The number of benzene rings is 4. The summed E-state index contributed by atoms with van der Waals surface area (Å²) in [5.74, 6) is 3.19. The number of aromatic nitrogens is 12. The maximum absolute atomic E-state index is 6.95. The van der Waals surface area contributed by atoms with Gasteiger partial charge in [-0.2, -0.15) is 0 Å². The third-order valence-corrected chi connectivity index (χ3v) is 12.2. The smallest absolute Gasteiger partial charge is 0.134 e. The SMILES string of the molecule is CCn1cc(COc2c3cc(C)cc2Cc2cc(C)cc(c2OCc2cn(CC)nn2)Cc2cc(C)cc(c2OCc2cn(CC)nn2)Cc2cc(C)cc(c2OCc2cn(CC)nn2)C3)nn1. The summed E-state index contributed by atoms with van der Waals surface area (Å²) < 4.78 is 35.1. The Balaban J connectivity index is 1.24. The molecule has 68 heavy (non-hydrogen) atoms. The Morgan fingerprint density at radius 1 is 0.338 bits per heavy atom. The molecule has 0 amide bonds. The predicted molar refractivity (Wildman–Crippen MR) is 256 cm³/mol. The average Bonchev–Trinajstić information content (AvgIpc) is 4.16. The highest BCUT2D eigenvalue weighted by Gasteiger charge is 2.25. The van der Waals surface area contributed by atoms with Gasteiger partial charge in [0, 0.05) is 51.9 Å². The van der Waals surface area contributed by atoms with Gasteiger partial charge in [0.25, 0.3) is 0 Å². The van der Waals surface area contributed by atoms with Crippen molar-refractivity contribution < 1.29 is 18.9 Å². The molecule has 1 aliphatic carbocycles. The minimum atomic E-state index is 0.250. The topological polar surface area (TPSA) is 160 Å². The lowest BCUT2D eigenvalue weighted by atomic mass is 9.88. The summed E-state index contributed by atoms with van der Waals surface area (Å²) in [5, 5.41) is 35.0. The van der Waals surface area contributed by atoms with Crippen LogP contribution in [0, 0.1) is 27.7 Å². The van der Waals surface area contributed by atoms with Gasteiger partial charge in [0.1, 0.15) is 72.2 Å². The zero-order valence-electron chi connectivity index (χ0n) is 40.4. The molecule has 0 radical (unpaired) electrons. The number of ether oxygens (including phenoxy) is 4. The van der Waals surface area contributed by atoms with E-state index < -0.39 is 0 Å². The lowest BCUT2D eigenvalue weighted by Crippen LogP contribution is -2.11. The summed E-state index contributed by atoms with van der Waals surface area (Å²) in [4.78, 5) is 0. The first-order valence-corrected chi connectivity index (χ1v) is 23.6. The second kappa shape index (κ2) is 20.2. The molecule has 0 N–H and O–H groups in total. The lowest BCUT2D eigenvalue weighted by molar-refractivity contribution is 0.288. The first kappa shape index (κ1) is 45.8. The van der Waals surface area contributed by atoms with Gasteiger partial charge < -0.3 is 18.9 Å². The number of hydrogen-bond donors (Lipinski definition) is 0. The Bertz CT molecular complexity index is 2550. The molecular formula is C52H60N12O4. The van der Waals surface area contributed by atoms with E-state index in [2.05, 4.69) is 117 Å². The molecule has 16 heteroatoms. The van der Waals surface area contributed by atoms with Crippen molar-refractivity contribution in [2.45, 2.75) is 134 Å². The highest BCUT2D eigenvalue weighted by Crippen LogP contribution is 2.41. The average molecular weight is 917 g/mol. The van der Waals surface area contributed by atoms with Crippen LogP contribution in [0.3, 0.4) is 0 Å². The van der Waals surface area contributed by atoms with E-state index >= 15 is 0 Å².